The van der Waals surface area contributed by atoms with Gasteiger partial charge in [0.25, 0.3) is 0 Å². The lowest BCUT2D eigenvalue weighted by Crippen LogP contribution is -2.49. The molecule has 0 spiro atoms. The van der Waals surface area contributed by atoms with E-state index >= 15 is 0 Å². The Morgan fingerprint density at radius 1 is 1.22 bits per heavy atom. The van der Waals surface area contributed by atoms with Gasteiger partial charge in [-0.05, 0) is 31.1 Å². The predicted molar refractivity (Wildman–Crippen MR) is 78.6 cm³/mol. The van der Waals surface area contributed by atoms with Crippen LogP contribution >= 0.6 is 23.5 Å². The number of rotatable bonds is 9. The summed E-state index contributed by atoms with van der Waals surface area (Å²) in [5.74, 6) is 0.545. The minimum Gasteiger partial charge on any atom is -0.480 e. The minimum atomic E-state index is -0.989. The van der Waals surface area contributed by atoms with Crippen molar-refractivity contribution in [3.63, 3.8) is 0 Å². The molecule has 2 atom stereocenters. The minimum absolute atomic E-state index is 0.0787. The second-order valence-electron chi connectivity index (χ2n) is 3.85. The number of nitrogens with one attached hydrogen (secondary N) is 2. The summed E-state index contributed by atoms with van der Waals surface area (Å²) in [6.45, 7) is 1.99. The third-order valence-corrected chi connectivity index (χ3v) is 3.79. The average molecular weight is 294 g/mol. The summed E-state index contributed by atoms with van der Waals surface area (Å²) < 4.78 is 0. The Labute approximate surface area is 117 Å². The van der Waals surface area contributed by atoms with E-state index in [9.17, 15) is 9.59 Å². The Kier molecular flexibility index (Phi) is 10.0. The molecule has 0 rings (SSSR count). The van der Waals surface area contributed by atoms with E-state index in [4.69, 9.17) is 5.11 Å². The van der Waals surface area contributed by atoms with Gasteiger partial charge in [-0.25, -0.2) is 9.59 Å². The lowest BCUT2D eigenvalue weighted by atomic mass is 10.2. The molecule has 0 saturated heterocycles. The maximum atomic E-state index is 11.7. The van der Waals surface area contributed by atoms with Gasteiger partial charge in [0, 0.05) is 11.8 Å². The second kappa shape index (κ2) is 10.4. The van der Waals surface area contributed by atoms with Crippen molar-refractivity contribution in [3.8, 4) is 0 Å². The van der Waals surface area contributed by atoms with Crippen LogP contribution in [0.4, 0.5) is 4.79 Å². The van der Waals surface area contributed by atoms with E-state index in [1.165, 1.54) is 0 Å². The van der Waals surface area contributed by atoms with Gasteiger partial charge in [0.2, 0.25) is 0 Å². The van der Waals surface area contributed by atoms with Crippen LogP contribution in [0.5, 0.6) is 0 Å². The first-order valence-electron chi connectivity index (χ1n) is 5.82. The van der Waals surface area contributed by atoms with Gasteiger partial charge in [0.1, 0.15) is 6.04 Å². The first-order valence-corrected chi connectivity index (χ1v) is 8.61. The summed E-state index contributed by atoms with van der Waals surface area (Å²) in [6, 6.07) is -1.14. The van der Waals surface area contributed by atoms with E-state index in [-0.39, 0.29) is 6.04 Å². The number of hydrogen-bond donors (Lipinski definition) is 3. The quantitative estimate of drug-likeness (QED) is 0.602. The number of aliphatic carboxylic acids is 1. The summed E-state index contributed by atoms with van der Waals surface area (Å²) in [5.41, 5.74) is 0. The van der Waals surface area contributed by atoms with Gasteiger partial charge in [-0.15, -0.1) is 0 Å². The van der Waals surface area contributed by atoms with Crippen molar-refractivity contribution >= 4 is 35.5 Å². The zero-order valence-corrected chi connectivity index (χ0v) is 12.7. The Hall–Kier alpha value is -0.560. The SMILES string of the molecule is CCC(CSC)NC(=O)N[C@H](CCSC)C(=O)O. The van der Waals surface area contributed by atoms with Crippen LogP contribution in [0.2, 0.25) is 0 Å². The number of carboxylic acids is 1. The van der Waals surface area contributed by atoms with Crippen LogP contribution in [0.1, 0.15) is 19.8 Å². The molecule has 7 heteroatoms. The number of carbonyl (C=O) groups excluding carboxylic acids is 1. The van der Waals surface area contributed by atoms with Crippen LogP contribution in [-0.2, 0) is 4.79 Å². The van der Waals surface area contributed by atoms with Gasteiger partial charge in [0.15, 0.2) is 0 Å². The van der Waals surface area contributed by atoms with Gasteiger partial charge >= 0.3 is 12.0 Å². The van der Waals surface area contributed by atoms with Gasteiger partial charge < -0.3 is 15.7 Å². The summed E-state index contributed by atoms with van der Waals surface area (Å²) in [7, 11) is 0. The molecule has 0 heterocycles. The van der Waals surface area contributed by atoms with Crippen molar-refractivity contribution in [2.45, 2.75) is 31.8 Å². The molecule has 1 unspecified atom stereocenters. The Balaban J connectivity index is 4.19. The fourth-order valence-electron chi connectivity index (χ4n) is 1.34. The fraction of sp³-hybridized carbons (Fsp3) is 0.818. The maximum Gasteiger partial charge on any atom is 0.326 e. The zero-order chi connectivity index (χ0) is 14.0. The monoisotopic (exact) mass is 294 g/mol. The number of carboxylic acid groups (broad SMARTS) is 1. The molecule has 0 aliphatic rings. The van der Waals surface area contributed by atoms with E-state index < -0.39 is 18.0 Å². The molecule has 0 aromatic rings. The van der Waals surface area contributed by atoms with Gasteiger partial charge in [-0.3, -0.25) is 0 Å². The standard InChI is InChI=1S/C11H22N2O3S2/c1-4-8(7-18-3)12-11(16)13-9(10(14)15)5-6-17-2/h8-9H,4-7H2,1-3H3,(H,14,15)(H2,12,13,16)/t8?,9-/m1/s1. The van der Waals surface area contributed by atoms with E-state index in [0.29, 0.717) is 12.2 Å². The highest BCUT2D eigenvalue weighted by Gasteiger charge is 2.20. The lowest BCUT2D eigenvalue weighted by molar-refractivity contribution is -0.139. The molecule has 0 aromatic heterocycles. The van der Waals surface area contributed by atoms with Crippen molar-refractivity contribution in [1.29, 1.82) is 0 Å². The third kappa shape index (κ3) is 7.71. The predicted octanol–water partition coefficient (Wildman–Crippen LogP) is 1.63. The molecule has 0 aliphatic heterocycles. The molecule has 0 aliphatic carbocycles. The number of amides is 2. The van der Waals surface area contributed by atoms with Gasteiger partial charge in [0.05, 0.1) is 0 Å². The molecular formula is C11H22N2O3S2. The fourth-order valence-corrected chi connectivity index (χ4v) is 2.53. The van der Waals surface area contributed by atoms with Crippen LogP contribution < -0.4 is 10.6 Å². The summed E-state index contributed by atoms with van der Waals surface area (Å²) in [4.78, 5) is 22.6. The second-order valence-corrected chi connectivity index (χ2v) is 5.75. The summed E-state index contributed by atoms with van der Waals surface area (Å²) in [5, 5.41) is 14.3. The van der Waals surface area contributed by atoms with Crippen molar-refractivity contribution < 1.29 is 14.7 Å². The van der Waals surface area contributed by atoms with Crippen LogP contribution in [0.3, 0.4) is 0 Å². The molecule has 0 saturated carbocycles. The lowest BCUT2D eigenvalue weighted by Gasteiger charge is -2.19. The van der Waals surface area contributed by atoms with Crippen LogP contribution in [0, 0.1) is 0 Å². The maximum absolute atomic E-state index is 11.7. The highest BCUT2D eigenvalue weighted by atomic mass is 32.2. The van der Waals surface area contributed by atoms with E-state index in [1.807, 2.05) is 19.4 Å². The van der Waals surface area contributed by atoms with E-state index in [0.717, 1.165) is 12.2 Å². The smallest absolute Gasteiger partial charge is 0.326 e. The van der Waals surface area contributed by atoms with Crippen LogP contribution in [-0.4, -0.2) is 53.2 Å². The van der Waals surface area contributed by atoms with E-state index in [1.54, 1.807) is 23.5 Å². The Bertz CT molecular complexity index is 265. The van der Waals surface area contributed by atoms with Gasteiger partial charge in [-0.2, -0.15) is 23.5 Å². The number of hydrogen-bond acceptors (Lipinski definition) is 4. The third-order valence-electron chi connectivity index (χ3n) is 2.41. The summed E-state index contributed by atoms with van der Waals surface area (Å²) >= 11 is 3.22. The number of urea groups is 1. The van der Waals surface area contributed by atoms with Gasteiger partial charge in [-0.1, -0.05) is 6.92 Å². The zero-order valence-electron chi connectivity index (χ0n) is 11.1. The van der Waals surface area contributed by atoms with E-state index in [2.05, 4.69) is 10.6 Å². The average Bonchev–Trinajstić information content (AvgIpc) is 2.33. The molecule has 0 radical (unpaired) electrons. The first kappa shape index (κ1) is 17.4. The molecule has 0 aromatic carbocycles. The normalized spacial score (nSPS) is 13.7. The molecule has 5 nitrogen and oxygen atoms in total. The highest BCUT2D eigenvalue weighted by Crippen LogP contribution is 2.03. The highest BCUT2D eigenvalue weighted by molar-refractivity contribution is 7.98. The molecule has 0 fully saturated rings. The number of carbonyl (C=O) groups is 2. The topological polar surface area (TPSA) is 78.4 Å². The van der Waals surface area contributed by atoms with Crippen LogP contribution in [0.25, 0.3) is 0 Å². The Morgan fingerprint density at radius 3 is 2.33 bits per heavy atom. The molecule has 3 N–H and O–H groups in total. The largest absolute Gasteiger partial charge is 0.480 e. The van der Waals surface area contributed by atoms with Crippen molar-refractivity contribution in [2.24, 2.45) is 0 Å². The summed E-state index contributed by atoms with van der Waals surface area (Å²) in [6.07, 6.45) is 5.14. The van der Waals surface area contributed by atoms with Crippen molar-refractivity contribution in [2.75, 3.05) is 24.0 Å². The van der Waals surface area contributed by atoms with Crippen molar-refractivity contribution in [1.82, 2.24) is 10.6 Å². The molecule has 2 amide bonds. The number of thioether (sulfide) groups is 2. The molecule has 106 valence electrons. The Morgan fingerprint density at radius 2 is 1.89 bits per heavy atom. The molecule has 18 heavy (non-hydrogen) atoms. The van der Waals surface area contributed by atoms with Crippen LogP contribution in [0.15, 0.2) is 0 Å². The first-order chi connectivity index (χ1) is 8.54. The molecular weight excluding hydrogens is 272 g/mol. The van der Waals surface area contributed by atoms with Crippen molar-refractivity contribution in [3.05, 3.63) is 0 Å². The molecule has 0 bridgehead atoms.